The van der Waals surface area contributed by atoms with Gasteiger partial charge in [-0.25, -0.2) is 4.98 Å². The summed E-state index contributed by atoms with van der Waals surface area (Å²) in [7, 11) is 1.64. The minimum atomic E-state index is 0.0218. The molecule has 154 valence electrons. The lowest BCUT2D eigenvalue weighted by atomic mass is 10.1. The molecule has 2 aromatic carbocycles. The van der Waals surface area contributed by atoms with Crippen LogP contribution < -0.4 is 15.0 Å². The molecule has 0 unspecified atom stereocenters. The average molecular weight is 421 g/mol. The Balaban J connectivity index is 1.51. The Hall–Kier alpha value is -3.12. The number of para-hydroxylation sites is 1. The zero-order chi connectivity index (χ0) is 20.9. The van der Waals surface area contributed by atoms with E-state index in [2.05, 4.69) is 4.98 Å². The molecule has 0 amide bonds. The fourth-order valence-electron chi connectivity index (χ4n) is 3.45. The molecule has 0 atom stereocenters. The smallest absolute Gasteiger partial charge is 0.262 e. The van der Waals surface area contributed by atoms with E-state index in [-0.39, 0.29) is 5.56 Å². The summed E-state index contributed by atoms with van der Waals surface area (Å²) in [6, 6.07) is 17.6. The van der Waals surface area contributed by atoms with Crippen LogP contribution in [0.25, 0.3) is 21.3 Å². The van der Waals surface area contributed by atoms with Crippen molar-refractivity contribution in [2.24, 2.45) is 0 Å². The number of benzene rings is 2. The Morgan fingerprint density at radius 2 is 1.77 bits per heavy atom. The van der Waals surface area contributed by atoms with Gasteiger partial charge in [0.05, 0.1) is 19.1 Å². The number of ether oxygens (including phenoxy) is 2. The normalized spacial score (nSPS) is 11.0. The van der Waals surface area contributed by atoms with Crippen LogP contribution in [0.1, 0.15) is 18.7 Å². The van der Waals surface area contributed by atoms with E-state index in [1.54, 1.807) is 11.7 Å². The number of aromatic nitrogens is 2. The lowest BCUT2D eigenvalue weighted by Crippen LogP contribution is -2.24. The summed E-state index contributed by atoms with van der Waals surface area (Å²) in [5.74, 6) is 2.42. The maximum atomic E-state index is 13.3. The Kier molecular flexibility index (Phi) is 6.14. The van der Waals surface area contributed by atoms with Gasteiger partial charge in [0.25, 0.3) is 5.56 Å². The minimum Gasteiger partial charge on any atom is -0.497 e. The first-order valence-electron chi connectivity index (χ1n) is 9.98. The van der Waals surface area contributed by atoms with E-state index in [4.69, 9.17) is 9.47 Å². The van der Waals surface area contributed by atoms with E-state index in [9.17, 15) is 4.79 Å². The molecular weight excluding hydrogens is 396 g/mol. The number of hydrogen-bond donors (Lipinski definition) is 0. The van der Waals surface area contributed by atoms with Gasteiger partial charge >= 0.3 is 0 Å². The Morgan fingerprint density at radius 1 is 1.00 bits per heavy atom. The highest BCUT2D eigenvalue weighted by molar-refractivity contribution is 7.17. The number of methoxy groups -OCH3 is 1. The van der Waals surface area contributed by atoms with Crippen molar-refractivity contribution < 1.29 is 9.47 Å². The molecule has 0 N–H and O–H groups in total. The lowest BCUT2D eigenvalue weighted by Gasteiger charge is -2.11. The summed E-state index contributed by atoms with van der Waals surface area (Å²) in [5, 5.41) is 2.70. The molecule has 5 nitrogen and oxygen atoms in total. The van der Waals surface area contributed by atoms with Crippen molar-refractivity contribution in [3.8, 4) is 22.6 Å². The van der Waals surface area contributed by atoms with Crippen molar-refractivity contribution in [3.05, 3.63) is 76.2 Å². The van der Waals surface area contributed by atoms with Gasteiger partial charge in [-0.1, -0.05) is 30.3 Å². The van der Waals surface area contributed by atoms with Crippen molar-refractivity contribution in [1.82, 2.24) is 9.55 Å². The first-order valence-corrected chi connectivity index (χ1v) is 10.9. The third-order valence-electron chi connectivity index (χ3n) is 5.07. The number of rotatable bonds is 8. The monoisotopic (exact) mass is 420 g/mol. The van der Waals surface area contributed by atoms with Crippen LogP contribution in [0.3, 0.4) is 0 Å². The Morgan fingerprint density at radius 3 is 2.50 bits per heavy atom. The Bertz CT molecular complexity index is 1180. The second-order valence-corrected chi connectivity index (χ2v) is 7.90. The van der Waals surface area contributed by atoms with Crippen LogP contribution in [-0.2, 0) is 6.54 Å². The summed E-state index contributed by atoms with van der Waals surface area (Å²) in [6.45, 7) is 3.15. The van der Waals surface area contributed by atoms with E-state index >= 15 is 0 Å². The topological polar surface area (TPSA) is 53.4 Å². The third-order valence-corrected chi connectivity index (χ3v) is 5.95. The molecule has 0 spiro atoms. The van der Waals surface area contributed by atoms with Gasteiger partial charge in [-0.15, -0.1) is 11.3 Å². The fourth-order valence-corrected chi connectivity index (χ4v) is 4.43. The van der Waals surface area contributed by atoms with Gasteiger partial charge in [-0.05, 0) is 49.6 Å². The molecule has 0 bridgehead atoms. The zero-order valence-corrected chi connectivity index (χ0v) is 17.9. The van der Waals surface area contributed by atoms with Crippen LogP contribution in [0.4, 0.5) is 0 Å². The van der Waals surface area contributed by atoms with Crippen LogP contribution in [0.2, 0.25) is 0 Å². The third kappa shape index (κ3) is 4.24. The van der Waals surface area contributed by atoms with Gasteiger partial charge in [0.15, 0.2) is 0 Å². The SMILES string of the molecule is COc1ccc(-c2csc3nc(C)n(CCCCOc4ccccc4)c(=O)c23)cc1. The fraction of sp³-hybridized carbons (Fsp3) is 0.250. The van der Waals surface area contributed by atoms with Gasteiger partial charge in [-0.2, -0.15) is 0 Å². The van der Waals surface area contributed by atoms with Crippen LogP contribution in [0, 0.1) is 6.92 Å². The summed E-state index contributed by atoms with van der Waals surface area (Å²) in [5.41, 5.74) is 1.94. The minimum absolute atomic E-state index is 0.0218. The number of nitrogens with zero attached hydrogens (tertiary/aromatic N) is 2. The summed E-state index contributed by atoms with van der Waals surface area (Å²) >= 11 is 1.51. The highest BCUT2D eigenvalue weighted by Crippen LogP contribution is 2.32. The molecule has 0 aliphatic rings. The molecule has 4 aromatic rings. The number of aryl methyl sites for hydroxylation is 1. The molecule has 2 heterocycles. The van der Waals surface area contributed by atoms with Crippen molar-refractivity contribution in [1.29, 1.82) is 0 Å². The number of hydrogen-bond acceptors (Lipinski definition) is 5. The first-order chi connectivity index (χ1) is 14.7. The second-order valence-electron chi connectivity index (χ2n) is 7.04. The average Bonchev–Trinajstić information content (AvgIpc) is 3.20. The number of fused-ring (bicyclic) bond motifs is 1. The first kappa shape index (κ1) is 20.2. The van der Waals surface area contributed by atoms with Crippen molar-refractivity contribution in [2.45, 2.75) is 26.3 Å². The molecule has 0 aliphatic carbocycles. The summed E-state index contributed by atoms with van der Waals surface area (Å²) in [4.78, 5) is 18.8. The molecular formula is C24H24N2O3S. The van der Waals surface area contributed by atoms with Gasteiger partial charge < -0.3 is 9.47 Å². The number of thiophene rings is 1. The predicted octanol–water partition coefficient (Wildman–Crippen LogP) is 5.30. The maximum absolute atomic E-state index is 13.3. The quantitative estimate of drug-likeness (QED) is 0.363. The van der Waals surface area contributed by atoms with Crippen LogP contribution >= 0.6 is 11.3 Å². The lowest BCUT2D eigenvalue weighted by molar-refractivity contribution is 0.302. The van der Waals surface area contributed by atoms with Crippen molar-refractivity contribution in [3.63, 3.8) is 0 Å². The Labute approximate surface area is 179 Å². The molecule has 0 fully saturated rings. The van der Waals surface area contributed by atoms with Gasteiger partial charge in [0.2, 0.25) is 0 Å². The molecule has 0 aliphatic heterocycles. The van der Waals surface area contributed by atoms with Gasteiger partial charge in [0, 0.05) is 17.5 Å². The standard InChI is InChI=1S/C24H24N2O3S/c1-17-25-23-22(21(16-30-23)18-10-12-19(28-2)13-11-18)24(27)26(17)14-6-7-15-29-20-8-4-3-5-9-20/h3-5,8-13,16H,6-7,14-15H2,1-2H3. The molecule has 0 saturated heterocycles. The van der Waals surface area contributed by atoms with E-state index in [1.807, 2.05) is 66.9 Å². The van der Waals surface area contributed by atoms with Gasteiger partial charge in [-0.3, -0.25) is 9.36 Å². The van der Waals surface area contributed by atoms with E-state index in [0.717, 1.165) is 46.1 Å². The second kappa shape index (κ2) is 9.13. The van der Waals surface area contributed by atoms with E-state index < -0.39 is 0 Å². The van der Waals surface area contributed by atoms with Gasteiger partial charge in [0.1, 0.15) is 22.2 Å². The van der Waals surface area contributed by atoms with Crippen molar-refractivity contribution in [2.75, 3.05) is 13.7 Å². The molecule has 4 rings (SSSR count). The van der Waals surface area contributed by atoms with Crippen molar-refractivity contribution >= 4 is 21.6 Å². The molecule has 0 radical (unpaired) electrons. The van der Waals surface area contributed by atoms with Crippen LogP contribution in [0.5, 0.6) is 11.5 Å². The molecule has 30 heavy (non-hydrogen) atoms. The number of unbranched alkanes of at least 4 members (excludes halogenated alkanes) is 1. The molecule has 2 aromatic heterocycles. The molecule has 0 saturated carbocycles. The summed E-state index contributed by atoms with van der Waals surface area (Å²) in [6.07, 6.45) is 1.72. The highest BCUT2D eigenvalue weighted by Gasteiger charge is 2.15. The van der Waals surface area contributed by atoms with Crippen LogP contribution in [0.15, 0.2) is 64.8 Å². The van der Waals surface area contributed by atoms with E-state index in [1.165, 1.54) is 11.3 Å². The molecule has 6 heteroatoms. The van der Waals surface area contributed by atoms with E-state index in [0.29, 0.717) is 18.5 Å². The maximum Gasteiger partial charge on any atom is 0.262 e. The zero-order valence-electron chi connectivity index (χ0n) is 17.1. The largest absolute Gasteiger partial charge is 0.497 e. The summed E-state index contributed by atoms with van der Waals surface area (Å²) < 4.78 is 12.8. The van der Waals surface area contributed by atoms with Crippen LogP contribution in [-0.4, -0.2) is 23.3 Å². The predicted molar refractivity (Wildman–Crippen MR) is 122 cm³/mol. The highest BCUT2D eigenvalue weighted by atomic mass is 32.1.